The Morgan fingerprint density at radius 2 is 2.22 bits per heavy atom. The van der Waals surface area contributed by atoms with Crippen LogP contribution in [0.15, 0.2) is 23.2 Å². The van der Waals surface area contributed by atoms with Crippen LogP contribution in [0.25, 0.3) is 0 Å². The molecule has 0 atom stereocenters. The first-order valence-corrected chi connectivity index (χ1v) is 8.62. The highest BCUT2D eigenvalue weighted by Gasteiger charge is 2.18. The van der Waals surface area contributed by atoms with Gasteiger partial charge >= 0.3 is 0 Å². The van der Waals surface area contributed by atoms with Crippen LogP contribution in [-0.4, -0.2) is 37.0 Å². The summed E-state index contributed by atoms with van der Waals surface area (Å²) in [6.07, 6.45) is 5.01. The van der Waals surface area contributed by atoms with Gasteiger partial charge in [0.15, 0.2) is 5.96 Å². The van der Waals surface area contributed by atoms with E-state index in [0.717, 1.165) is 50.1 Å². The highest BCUT2D eigenvalue weighted by molar-refractivity contribution is 14.0. The van der Waals surface area contributed by atoms with Gasteiger partial charge in [-0.15, -0.1) is 24.0 Å². The lowest BCUT2D eigenvalue weighted by molar-refractivity contribution is 0.258. The summed E-state index contributed by atoms with van der Waals surface area (Å²) in [7, 11) is 0. The largest absolute Gasteiger partial charge is 0.370 e. The third-order valence-corrected chi connectivity index (χ3v) is 5.12. The summed E-state index contributed by atoms with van der Waals surface area (Å²) >= 11 is 6.25. The van der Waals surface area contributed by atoms with E-state index in [-0.39, 0.29) is 24.0 Å². The van der Waals surface area contributed by atoms with Gasteiger partial charge in [-0.05, 0) is 42.4 Å². The molecule has 4 nitrogen and oxygen atoms in total. The van der Waals surface area contributed by atoms with Crippen LogP contribution >= 0.6 is 35.6 Å². The van der Waals surface area contributed by atoms with Crippen molar-refractivity contribution in [3.05, 3.63) is 34.3 Å². The van der Waals surface area contributed by atoms with Crippen molar-refractivity contribution in [2.45, 2.75) is 32.2 Å². The van der Waals surface area contributed by atoms with Crippen LogP contribution < -0.4 is 11.1 Å². The average Bonchev–Trinajstić information content (AvgIpc) is 2.46. The fraction of sp³-hybridized carbons (Fsp3) is 0.588. The zero-order valence-corrected chi connectivity index (χ0v) is 16.5. The molecule has 1 aromatic rings. The monoisotopic (exact) mass is 448 g/mol. The van der Waals surface area contributed by atoms with Gasteiger partial charge in [0, 0.05) is 37.7 Å². The van der Waals surface area contributed by atoms with Crippen molar-refractivity contribution in [1.29, 1.82) is 0 Å². The standard InChI is InChI=1S/C17H25ClN4.HI/c18-16-6-2-5-14-12-22(9-7-15(14)16)10-8-20-17(19)21-11-13-3-1-4-13;/h2,5-6,13H,1,3-4,7-12H2,(H3,19,20,21);1H. The number of aliphatic imine (C=N–C) groups is 1. The van der Waals surface area contributed by atoms with Crippen LogP contribution in [0.5, 0.6) is 0 Å². The lowest BCUT2D eigenvalue weighted by atomic mass is 9.86. The van der Waals surface area contributed by atoms with Gasteiger partial charge in [0.25, 0.3) is 0 Å². The van der Waals surface area contributed by atoms with Gasteiger partial charge in [0.1, 0.15) is 0 Å². The van der Waals surface area contributed by atoms with Crippen molar-refractivity contribution in [3.63, 3.8) is 0 Å². The first kappa shape index (κ1) is 18.8. The van der Waals surface area contributed by atoms with Crippen LogP contribution in [0.2, 0.25) is 5.02 Å². The van der Waals surface area contributed by atoms with Crippen LogP contribution in [0.4, 0.5) is 0 Å². The van der Waals surface area contributed by atoms with Gasteiger partial charge in [0.2, 0.25) is 0 Å². The summed E-state index contributed by atoms with van der Waals surface area (Å²) < 4.78 is 0. The van der Waals surface area contributed by atoms with Crippen molar-refractivity contribution >= 4 is 41.5 Å². The van der Waals surface area contributed by atoms with Crippen LogP contribution in [0.3, 0.4) is 0 Å². The molecule has 0 radical (unpaired) electrons. The van der Waals surface area contributed by atoms with E-state index in [0.29, 0.717) is 5.96 Å². The summed E-state index contributed by atoms with van der Waals surface area (Å²) in [6, 6.07) is 6.19. The minimum atomic E-state index is 0. The molecule has 0 saturated heterocycles. The lowest BCUT2D eigenvalue weighted by Gasteiger charge is -2.29. The average molecular weight is 449 g/mol. The van der Waals surface area contributed by atoms with E-state index in [9.17, 15) is 0 Å². The predicted octanol–water partition coefficient (Wildman–Crippen LogP) is 3.02. The molecular formula is C17H26ClIN4. The van der Waals surface area contributed by atoms with Crippen LogP contribution in [-0.2, 0) is 13.0 Å². The second-order valence-electron chi connectivity index (χ2n) is 6.35. The summed E-state index contributed by atoms with van der Waals surface area (Å²) in [5.41, 5.74) is 8.58. The lowest BCUT2D eigenvalue weighted by Crippen LogP contribution is -2.40. The molecule has 0 aromatic heterocycles. The minimum Gasteiger partial charge on any atom is -0.370 e. The fourth-order valence-electron chi connectivity index (χ4n) is 3.11. The molecule has 2 aliphatic rings. The Balaban J connectivity index is 0.00000192. The molecule has 3 N–H and O–H groups in total. The third kappa shape index (κ3) is 5.22. The number of hydrogen-bond acceptors (Lipinski definition) is 2. The fourth-order valence-corrected chi connectivity index (χ4v) is 3.40. The van der Waals surface area contributed by atoms with E-state index in [2.05, 4.69) is 21.3 Å². The second-order valence-corrected chi connectivity index (χ2v) is 6.76. The first-order valence-electron chi connectivity index (χ1n) is 8.25. The maximum atomic E-state index is 6.25. The Bertz CT molecular complexity index is 545. The Labute approximate surface area is 160 Å². The van der Waals surface area contributed by atoms with E-state index in [4.69, 9.17) is 17.3 Å². The molecule has 128 valence electrons. The van der Waals surface area contributed by atoms with Gasteiger partial charge in [-0.1, -0.05) is 30.2 Å². The number of nitrogens with two attached hydrogens (primary N) is 1. The molecule has 1 heterocycles. The number of nitrogens with zero attached hydrogens (tertiary/aromatic N) is 2. The molecule has 1 fully saturated rings. The molecule has 0 unspecified atom stereocenters. The normalized spacial score (nSPS) is 18.7. The zero-order valence-electron chi connectivity index (χ0n) is 13.4. The summed E-state index contributed by atoms with van der Waals surface area (Å²) in [5, 5.41) is 4.13. The highest BCUT2D eigenvalue weighted by atomic mass is 127. The maximum Gasteiger partial charge on any atom is 0.188 e. The van der Waals surface area contributed by atoms with Crippen LogP contribution in [0, 0.1) is 5.92 Å². The van der Waals surface area contributed by atoms with Gasteiger partial charge in [-0.2, -0.15) is 0 Å². The number of fused-ring (bicyclic) bond motifs is 1. The molecule has 6 heteroatoms. The molecule has 0 spiro atoms. The van der Waals surface area contributed by atoms with Crippen molar-refractivity contribution in [3.8, 4) is 0 Å². The Morgan fingerprint density at radius 3 is 2.96 bits per heavy atom. The second kappa shape index (κ2) is 9.08. The molecule has 1 aliphatic carbocycles. The van der Waals surface area contributed by atoms with Gasteiger partial charge in [0.05, 0.1) is 0 Å². The van der Waals surface area contributed by atoms with E-state index >= 15 is 0 Å². The van der Waals surface area contributed by atoms with E-state index < -0.39 is 0 Å². The number of guanidine groups is 1. The van der Waals surface area contributed by atoms with E-state index in [1.807, 2.05) is 12.1 Å². The van der Waals surface area contributed by atoms with Gasteiger partial charge in [-0.3, -0.25) is 9.89 Å². The molecule has 0 amide bonds. The van der Waals surface area contributed by atoms with Crippen LogP contribution in [0.1, 0.15) is 30.4 Å². The number of rotatable bonds is 5. The van der Waals surface area contributed by atoms with Gasteiger partial charge < -0.3 is 11.1 Å². The summed E-state index contributed by atoms with van der Waals surface area (Å²) in [5.74, 6) is 1.36. The Morgan fingerprint density at radius 1 is 1.39 bits per heavy atom. The maximum absolute atomic E-state index is 6.25. The number of nitrogens with one attached hydrogen (secondary N) is 1. The van der Waals surface area contributed by atoms with Crippen molar-refractivity contribution in [2.75, 3.05) is 26.2 Å². The Kier molecular flexibility index (Phi) is 7.43. The van der Waals surface area contributed by atoms with Crippen molar-refractivity contribution < 1.29 is 0 Å². The smallest absolute Gasteiger partial charge is 0.188 e. The SMILES string of the molecule is I.NC(=NCC1CCC1)NCCN1CCc2c(Cl)cccc2C1. The predicted molar refractivity (Wildman–Crippen MR) is 108 cm³/mol. The first-order chi connectivity index (χ1) is 10.7. The summed E-state index contributed by atoms with van der Waals surface area (Å²) in [4.78, 5) is 6.86. The molecule has 0 bridgehead atoms. The molecule has 23 heavy (non-hydrogen) atoms. The third-order valence-electron chi connectivity index (χ3n) is 4.77. The molecule has 1 saturated carbocycles. The van der Waals surface area contributed by atoms with Gasteiger partial charge in [-0.25, -0.2) is 0 Å². The molecule has 1 aromatic carbocycles. The van der Waals surface area contributed by atoms with Crippen molar-refractivity contribution in [2.24, 2.45) is 16.6 Å². The number of halogens is 2. The Hall–Kier alpha value is -0.530. The topological polar surface area (TPSA) is 53.6 Å². The molecular weight excluding hydrogens is 423 g/mol. The minimum absolute atomic E-state index is 0. The molecule has 3 rings (SSSR count). The quantitative estimate of drug-likeness (QED) is 0.414. The van der Waals surface area contributed by atoms with E-state index in [1.54, 1.807) is 0 Å². The molecule has 1 aliphatic heterocycles. The summed E-state index contributed by atoms with van der Waals surface area (Å²) in [6.45, 7) is 4.73. The zero-order chi connectivity index (χ0) is 15.4. The number of hydrogen-bond donors (Lipinski definition) is 2. The number of benzene rings is 1. The highest BCUT2D eigenvalue weighted by Crippen LogP contribution is 2.26. The van der Waals surface area contributed by atoms with E-state index in [1.165, 1.54) is 30.4 Å². The van der Waals surface area contributed by atoms with Crippen molar-refractivity contribution in [1.82, 2.24) is 10.2 Å².